The van der Waals surface area contributed by atoms with Gasteiger partial charge in [0.25, 0.3) is 0 Å². The molecule has 5 nitrogen and oxygen atoms in total. The Hall–Kier alpha value is -1.21. The molecule has 0 aliphatic carbocycles. The zero-order valence-corrected chi connectivity index (χ0v) is 15.2. The van der Waals surface area contributed by atoms with Crippen molar-refractivity contribution < 1.29 is 4.79 Å². The zero-order valence-electron chi connectivity index (χ0n) is 12.8. The molecule has 23 heavy (non-hydrogen) atoms. The number of carbonyl (C=O) groups excluding carboxylic acids is 1. The Morgan fingerprint density at radius 2 is 2.30 bits per heavy atom. The lowest BCUT2D eigenvalue weighted by Gasteiger charge is -2.33. The highest BCUT2D eigenvalue weighted by molar-refractivity contribution is 7.13. The molecule has 0 aromatic carbocycles. The number of halogens is 2. The van der Waals surface area contributed by atoms with E-state index in [-0.39, 0.29) is 36.8 Å². The standard InChI is InChI=1S/C15H18N4OS.2ClH/c1-11-8-17-5-6-19(11)14(20)7-13-10-21-15(18-13)12-3-2-4-16-9-12;;/h2-4,9-11,17H,5-8H2,1H3;2*1H/t11-;;/m0../s1. The van der Waals surface area contributed by atoms with Crippen molar-refractivity contribution in [3.05, 3.63) is 35.6 Å². The van der Waals surface area contributed by atoms with Crippen LogP contribution in [0.15, 0.2) is 29.9 Å². The third kappa shape index (κ3) is 4.88. The number of thiazole rings is 1. The molecule has 0 unspecified atom stereocenters. The van der Waals surface area contributed by atoms with Gasteiger partial charge in [-0.3, -0.25) is 9.78 Å². The Morgan fingerprint density at radius 1 is 1.48 bits per heavy atom. The van der Waals surface area contributed by atoms with E-state index in [0.717, 1.165) is 35.9 Å². The van der Waals surface area contributed by atoms with Gasteiger partial charge in [0.05, 0.1) is 12.1 Å². The molecule has 1 amide bonds. The molecule has 3 rings (SSSR count). The van der Waals surface area contributed by atoms with E-state index in [2.05, 4.69) is 22.2 Å². The highest BCUT2D eigenvalue weighted by atomic mass is 35.5. The average Bonchev–Trinajstić information content (AvgIpc) is 2.97. The van der Waals surface area contributed by atoms with E-state index in [9.17, 15) is 4.79 Å². The molecule has 0 saturated carbocycles. The SMILES string of the molecule is C[C@H]1CNCCN1C(=O)Cc1csc(-c2cccnc2)n1.Cl.Cl. The fraction of sp³-hybridized carbons (Fsp3) is 0.400. The Balaban J connectivity index is 0.00000132. The van der Waals surface area contributed by atoms with Crippen LogP contribution in [0.2, 0.25) is 0 Å². The summed E-state index contributed by atoms with van der Waals surface area (Å²) < 4.78 is 0. The normalized spacial score (nSPS) is 17.1. The summed E-state index contributed by atoms with van der Waals surface area (Å²) >= 11 is 1.56. The molecular formula is C15H20Cl2N4OS. The molecule has 0 radical (unpaired) electrons. The van der Waals surface area contributed by atoms with Crippen molar-refractivity contribution in [1.29, 1.82) is 0 Å². The van der Waals surface area contributed by atoms with E-state index >= 15 is 0 Å². The first-order valence-electron chi connectivity index (χ1n) is 7.09. The topological polar surface area (TPSA) is 58.1 Å². The smallest absolute Gasteiger partial charge is 0.228 e. The third-order valence-electron chi connectivity index (χ3n) is 3.61. The summed E-state index contributed by atoms with van der Waals surface area (Å²) in [7, 11) is 0. The van der Waals surface area contributed by atoms with Crippen LogP contribution in [0.3, 0.4) is 0 Å². The Labute approximate surface area is 152 Å². The van der Waals surface area contributed by atoms with Gasteiger partial charge in [0, 0.05) is 49.0 Å². The predicted octanol–water partition coefficient (Wildman–Crippen LogP) is 2.41. The van der Waals surface area contributed by atoms with Crippen molar-refractivity contribution in [2.45, 2.75) is 19.4 Å². The molecular weight excluding hydrogens is 355 g/mol. The maximum Gasteiger partial charge on any atom is 0.228 e. The highest BCUT2D eigenvalue weighted by Crippen LogP contribution is 2.23. The van der Waals surface area contributed by atoms with Gasteiger partial charge in [-0.25, -0.2) is 4.98 Å². The lowest BCUT2D eigenvalue weighted by Crippen LogP contribution is -2.52. The molecule has 3 heterocycles. The molecule has 1 N–H and O–H groups in total. The average molecular weight is 375 g/mol. The van der Waals surface area contributed by atoms with Crippen molar-refractivity contribution in [2.24, 2.45) is 0 Å². The second-order valence-electron chi connectivity index (χ2n) is 5.20. The Kier molecular flexibility index (Phi) is 7.91. The van der Waals surface area contributed by atoms with Gasteiger partial charge in [0.1, 0.15) is 5.01 Å². The number of hydrogen-bond acceptors (Lipinski definition) is 5. The van der Waals surface area contributed by atoms with Gasteiger partial charge in [-0.05, 0) is 19.1 Å². The van der Waals surface area contributed by atoms with Crippen LogP contribution in [-0.2, 0) is 11.2 Å². The predicted molar refractivity (Wildman–Crippen MR) is 97.6 cm³/mol. The Morgan fingerprint density at radius 3 is 3.00 bits per heavy atom. The zero-order chi connectivity index (χ0) is 14.7. The lowest BCUT2D eigenvalue weighted by atomic mass is 10.2. The molecule has 0 spiro atoms. The van der Waals surface area contributed by atoms with Crippen LogP contribution in [-0.4, -0.2) is 46.5 Å². The summed E-state index contributed by atoms with van der Waals surface area (Å²) in [4.78, 5) is 23.0. The number of nitrogens with zero attached hydrogens (tertiary/aromatic N) is 3. The van der Waals surface area contributed by atoms with E-state index in [1.54, 1.807) is 23.7 Å². The van der Waals surface area contributed by atoms with Crippen molar-refractivity contribution in [1.82, 2.24) is 20.2 Å². The number of amides is 1. The van der Waals surface area contributed by atoms with Crippen LogP contribution < -0.4 is 5.32 Å². The monoisotopic (exact) mass is 374 g/mol. The van der Waals surface area contributed by atoms with Crippen LogP contribution in [0.5, 0.6) is 0 Å². The van der Waals surface area contributed by atoms with Crippen molar-refractivity contribution in [3.8, 4) is 10.6 Å². The number of hydrogen-bond donors (Lipinski definition) is 1. The summed E-state index contributed by atoms with van der Waals surface area (Å²) in [5.41, 5.74) is 1.84. The number of carbonyl (C=O) groups is 1. The first-order valence-corrected chi connectivity index (χ1v) is 7.97. The second kappa shape index (κ2) is 9.17. The second-order valence-corrected chi connectivity index (χ2v) is 6.06. The van der Waals surface area contributed by atoms with Crippen LogP contribution in [0.1, 0.15) is 12.6 Å². The fourth-order valence-electron chi connectivity index (χ4n) is 2.48. The third-order valence-corrected chi connectivity index (χ3v) is 4.55. The largest absolute Gasteiger partial charge is 0.337 e. The highest BCUT2D eigenvalue weighted by Gasteiger charge is 2.23. The molecule has 1 atom stereocenters. The van der Waals surface area contributed by atoms with Crippen molar-refractivity contribution >= 4 is 42.1 Å². The summed E-state index contributed by atoms with van der Waals surface area (Å²) in [6.07, 6.45) is 3.91. The molecule has 1 saturated heterocycles. The van der Waals surface area contributed by atoms with E-state index < -0.39 is 0 Å². The van der Waals surface area contributed by atoms with E-state index in [1.165, 1.54) is 0 Å². The van der Waals surface area contributed by atoms with Crippen LogP contribution >= 0.6 is 36.2 Å². The molecule has 2 aromatic rings. The maximum atomic E-state index is 12.4. The molecule has 126 valence electrons. The van der Waals surface area contributed by atoms with Gasteiger partial charge in [-0.1, -0.05) is 0 Å². The molecule has 0 bridgehead atoms. The quantitative estimate of drug-likeness (QED) is 0.895. The number of aromatic nitrogens is 2. The lowest BCUT2D eigenvalue weighted by molar-refractivity contribution is -0.133. The van der Waals surface area contributed by atoms with Gasteiger partial charge < -0.3 is 10.2 Å². The van der Waals surface area contributed by atoms with E-state index in [1.807, 2.05) is 22.4 Å². The first kappa shape index (κ1) is 19.8. The first-order chi connectivity index (χ1) is 10.2. The van der Waals surface area contributed by atoms with Gasteiger partial charge in [0.15, 0.2) is 0 Å². The Bertz CT molecular complexity index is 623. The van der Waals surface area contributed by atoms with Gasteiger partial charge in [-0.15, -0.1) is 36.2 Å². The van der Waals surface area contributed by atoms with Crippen LogP contribution in [0.4, 0.5) is 0 Å². The molecule has 2 aromatic heterocycles. The van der Waals surface area contributed by atoms with Gasteiger partial charge in [-0.2, -0.15) is 0 Å². The minimum absolute atomic E-state index is 0. The van der Waals surface area contributed by atoms with E-state index in [4.69, 9.17) is 0 Å². The number of nitrogens with one attached hydrogen (secondary N) is 1. The number of piperazine rings is 1. The van der Waals surface area contributed by atoms with E-state index in [0.29, 0.717) is 6.42 Å². The van der Waals surface area contributed by atoms with Crippen molar-refractivity contribution in [3.63, 3.8) is 0 Å². The van der Waals surface area contributed by atoms with Crippen LogP contribution in [0.25, 0.3) is 10.6 Å². The molecule has 1 fully saturated rings. The minimum Gasteiger partial charge on any atom is -0.337 e. The van der Waals surface area contributed by atoms with Gasteiger partial charge in [0.2, 0.25) is 5.91 Å². The summed E-state index contributed by atoms with van der Waals surface area (Å²) in [5.74, 6) is 0.159. The summed E-state index contributed by atoms with van der Waals surface area (Å²) in [6.45, 7) is 4.59. The molecule has 8 heteroatoms. The van der Waals surface area contributed by atoms with Crippen molar-refractivity contribution in [2.75, 3.05) is 19.6 Å². The van der Waals surface area contributed by atoms with Crippen LogP contribution in [0, 0.1) is 0 Å². The maximum absolute atomic E-state index is 12.4. The van der Waals surface area contributed by atoms with Gasteiger partial charge >= 0.3 is 0 Å². The number of pyridine rings is 1. The summed E-state index contributed by atoms with van der Waals surface area (Å²) in [5, 5.41) is 6.18. The molecule has 1 aliphatic heterocycles. The molecule has 1 aliphatic rings. The number of rotatable bonds is 3. The summed E-state index contributed by atoms with van der Waals surface area (Å²) in [6, 6.07) is 4.13. The minimum atomic E-state index is 0. The fourth-order valence-corrected chi connectivity index (χ4v) is 3.29.